The third-order valence-electron chi connectivity index (χ3n) is 2.31. The summed E-state index contributed by atoms with van der Waals surface area (Å²) in [5.74, 6) is -3.44. The Labute approximate surface area is 137 Å². The average Bonchev–Trinajstić information content (AvgIpc) is 2.79. The highest BCUT2D eigenvalue weighted by Crippen LogP contribution is 2.32. The number of nitrogens with zero attached hydrogens (tertiary/aromatic N) is 2. The van der Waals surface area contributed by atoms with Crippen molar-refractivity contribution in [3.05, 3.63) is 30.0 Å². The van der Waals surface area contributed by atoms with Crippen LogP contribution in [0.3, 0.4) is 0 Å². The number of carbonyl (C=O) groups excluding carboxylic acids is 1. The Morgan fingerprint density at radius 2 is 1.88 bits per heavy atom. The number of hydrogen-bond donors (Lipinski definition) is 2. The van der Waals surface area contributed by atoms with E-state index in [0.717, 1.165) is 16.1 Å². The molecule has 130 valence electrons. The lowest BCUT2D eigenvalue weighted by atomic mass is 10.2. The molecule has 0 saturated carbocycles. The molecular formula is C13H11F4N3O3S. The molecule has 0 spiro atoms. The van der Waals surface area contributed by atoms with E-state index in [2.05, 4.69) is 15.3 Å². The molecule has 2 aromatic rings. The predicted molar refractivity (Wildman–Crippen MR) is 78.0 cm³/mol. The lowest BCUT2D eigenvalue weighted by Gasteiger charge is -1.96. The van der Waals surface area contributed by atoms with E-state index in [0.29, 0.717) is 5.13 Å². The van der Waals surface area contributed by atoms with Gasteiger partial charge in [0.05, 0.1) is 10.6 Å². The van der Waals surface area contributed by atoms with E-state index in [4.69, 9.17) is 9.90 Å². The number of halogens is 4. The van der Waals surface area contributed by atoms with Crippen molar-refractivity contribution in [1.29, 1.82) is 0 Å². The topological polar surface area (TPSA) is 92.2 Å². The van der Waals surface area contributed by atoms with Crippen LogP contribution >= 0.6 is 11.3 Å². The number of carboxylic acid groups (broad SMARTS) is 1. The number of aromatic nitrogens is 2. The van der Waals surface area contributed by atoms with E-state index in [9.17, 15) is 22.4 Å². The number of alkyl halides is 3. The summed E-state index contributed by atoms with van der Waals surface area (Å²) < 4.78 is 44.4. The van der Waals surface area contributed by atoms with Gasteiger partial charge in [0.2, 0.25) is 11.9 Å². The van der Waals surface area contributed by atoms with Crippen LogP contribution in [0, 0.1) is 12.9 Å². The van der Waals surface area contributed by atoms with Crippen LogP contribution in [-0.4, -0.2) is 33.1 Å². The molecule has 2 N–H and O–H groups in total. The molecule has 0 atom stereocenters. The first-order valence-corrected chi connectivity index (χ1v) is 6.99. The van der Waals surface area contributed by atoms with Crippen LogP contribution in [0.25, 0.3) is 10.4 Å². The normalized spacial score (nSPS) is 10.6. The smallest absolute Gasteiger partial charge is 0.475 e. The molecule has 0 saturated heterocycles. The summed E-state index contributed by atoms with van der Waals surface area (Å²) in [5.41, 5.74) is 1.57. The Kier molecular flexibility index (Phi) is 6.35. The molecule has 2 heterocycles. The Morgan fingerprint density at radius 1 is 1.29 bits per heavy atom. The Morgan fingerprint density at radius 3 is 2.29 bits per heavy atom. The third kappa shape index (κ3) is 5.91. The average molecular weight is 365 g/mol. The lowest BCUT2D eigenvalue weighted by Crippen LogP contribution is -2.21. The number of carbonyl (C=O) groups is 2. The summed E-state index contributed by atoms with van der Waals surface area (Å²) >= 11 is 1.34. The van der Waals surface area contributed by atoms with Gasteiger partial charge in [-0.1, -0.05) is 11.3 Å². The van der Waals surface area contributed by atoms with Gasteiger partial charge in [0.15, 0.2) is 5.13 Å². The van der Waals surface area contributed by atoms with Gasteiger partial charge in [0.1, 0.15) is 0 Å². The van der Waals surface area contributed by atoms with E-state index in [1.54, 1.807) is 6.07 Å². The molecule has 2 rings (SSSR count). The van der Waals surface area contributed by atoms with E-state index < -0.39 is 18.1 Å². The third-order valence-corrected chi connectivity index (χ3v) is 3.43. The minimum Gasteiger partial charge on any atom is -0.475 e. The van der Waals surface area contributed by atoms with Crippen LogP contribution in [-0.2, 0) is 9.59 Å². The van der Waals surface area contributed by atoms with Crippen molar-refractivity contribution in [3.8, 4) is 10.4 Å². The van der Waals surface area contributed by atoms with E-state index in [-0.39, 0.29) is 5.91 Å². The maximum absolute atomic E-state index is 12.7. The van der Waals surface area contributed by atoms with Crippen LogP contribution in [0.4, 0.5) is 22.7 Å². The second kappa shape index (κ2) is 7.81. The van der Waals surface area contributed by atoms with E-state index in [1.165, 1.54) is 30.5 Å². The quantitative estimate of drug-likeness (QED) is 0.630. The first-order valence-electron chi connectivity index (χ1n) is 6.17. The number of aliphatic carboxylic acids is 1. The second-order valence-corrected chi connectivity index (χ2v) is 5.29. The van der Waals surface area contributed by atoms with Crippen LogP contribution < -0.4 is 5.32 Å². The lowest BCUT2D eigenvalue weighted by molar-refractivity contribution is -0.192. The zero-order valence-electron chi connectivity index (χ0n) is 12.3. The number of pyridine rings is 1. The highest BCUT2D eigenvalue weighted by molar-refractivity contribution is 7.19. The minimum atomic E-state index is -5.08. The molecule has 0 aliphatic rings. The van der Waals surface area contributed by atoms with Gasteiger partial charge in [-0.15, -0.1) is 0 Å². The highest BCUT2D eigenvalue weighted by Gasteiger charge is 2.38. The number of rotatable bonds is 2. The standard InChI is InChI=1S/C11H10FN3OS.C2HF3O2/c1-6-10(8-3-4-9(12)13-5-8)17-11(14-6)15-7(2)16;3-2(4,5)1(6)7/h3-5H,1-2H3,(H,14,15,16);(H,6,7). The van der Waals surface area contributed by atoms with Gasteiger partial charge in [-0.25, -0.2) is 14.8 Å². The Bertz CT molecular complexity index is 729. The Balaban J connectivity index is 0.000000351. The molecule has 2 aromatic heterocycles. The summed E-state index contributed by atoms with van der Waals surface area (Å²) in [6, 6.07) is 2.94. The van der Waals surface area contributed by atoms with Gasteiger partial charge in [-0.05, 0) is 19.1 Å². The molecule has 0 aromatic carbocycles. The van der Waals surface area contributed by atoms with Crippen molar-refractivity contribution in [1.82, 2.24) is 9.97 Å². The zero-order valence-corrected chi connectivity index (χ0v) is 13.1. The zero-order chi connectivity index (χ0) is 18.5. The van der Waals surface area contributed by atoms with Gasteiger partial charge in [0, 0.05) is 18.7 Å². The molecule has 0 bridgehead atoms. The first-order chi connectivity index (χ1) is 11.0. The molecule has 0 fully saturated rings. The van der Waals surface area contributed by atoms with Gasteiger partial charge in [-0.3, -0.25) is 4.79 Å². The van der Waals surface area contributed by atoms with Crippen molar-refractivity contribution in [2.75, 3.05) is 5.32 Å². The highest BCUT2D eigenvalue weighted by atomic mass is 32.1. The molecular weight excluding hydrogens is 354 g/mol. The maximum Gasteiger partial charge on any atom is 0.490 e. The first kappa shape index (κ1) is 19.5. The van der Waals surface area contributed by atoms with Crippen molar-refractivity contribution in [3.63, 3.8) is 0 Å². The van der Waals surface area contributed by atoms with Crippen LogP contribution in [0.2, 0.25) is 0 Å². The summed E-state index contributed by atoms with van der Waals surface area (Å²) in [4.78, 5) is 28.5. The summed E-state index contributed by atoms with van der Waals surface area (Å²) in [5, 5.41) is 10.3. The molecule has 11 heteroatoms. The Hall–Kier alpha value is -2.56. The largest absolute Gasteiger partial charge is 0.490 e. The fourth-order valence-electron chi connectivity index (χ4n) is 1.38. The summed E-state index contributed by atoms with van der Waals surface area (Å²) in [6.45, 7) is 3.26. The van der Waals surface area contributed by atoms with Gasteiger partial charge >= 0.3 is 12.1 Å². The van der Waals surface area contributed by atoms with Crippen molar-refractivity contribution < 1.29 is 32.3 Å². The molecule has 0 radical (unpaired) electrons. The number of carboxylic acids is 1. The number of amides is 1. The van der Waals surface area contributed by atoms with Crippen LogP contribution in [0.1, 0.15) is 12.6 Å². The molecule has 0 aliphatic heterocycles. The van der Waals surface area contributed by atoms with E-state index >= 15 is 0 Å². The number of anilines is 1. The molecule has 24 heavy (non-hydrogen) atoms. The van der Waals surface area contributed by atoms with Gasteiger partial charge in [0.25, 0.3) is 0 Å². The molecule has 0 unspecified atom stereocenters. The predicted octanol–water partition coefficient (Wildman–Crippen LogP) is 3.24. The SMILES string of the molecule is CC(=O)Nc1nc(C)c(-c2ccc(F)nc2)s1.O=C(O)C(F)(F)F. The van der Waals surface area contributed by atoms with E-state index in [1.807, 2.05) is 6.92 Å². The molecule has 1 amide bonds. The maximum atomic E-state index is 12.7. The monoisotopic (exact) mass is 365 g/mol. The van der Waals surface area contributed by atoms with Crippen molar-refractivity contribution in [2.45, 2.75) is 20.0 Å². The number of hydrogen-bond acceptors (Lipinski definition) is 5. The summed E-state index contributed by atoms with van der Waals surface area (Å²) in [7, 11) is 0. The minimum absolute atomic E-state index is 0.164. The van der Waals surface area contributed by atoms with Crippen molar-refractivity contribution >= 4 is 28.3 Å². The second-order valence-electron chi connectivity index (χ2n) is 4.29. The van der Waals surface area contributed by atoms with Crippen molar-refractivity contribution in [2.24, 2.45) is 0 Å². The molecule has 0 aliphatic carbocycles. The molecule has 6 nitrogen and oxygen atoms in total. The van der Waals surface area contributed by atoms with Crippen LogP contribution in [0.15, 0.2) is 18.3 Å². The fourth-order valence-corrected chi connectivity index (χ4v) is 2.38. The number of thiazole rings is 1. The van der Waals surface area contributed by atoms with Gasteiger partial charge < -0.3 is 10.4 Å². The summed E-state index contributed by atoms with van der Waals surface area (Å²) in [6.07, 6.45) is -3.63. The number of aryl methyl sites for hydroxylation is 1. The fraction of sp³-hybridized carbons (Fsp3) is 0.231. The van der Waals surface area contributed by atoms with Gasteiger partial charge in [-0.2, -0.15) is 17.6 Å². The number of nitrogens with one attached hydrogen (secondary N) is 1. The van der Waals surface area contributed by atoms with Crippen LogP contribution in [0.5, 0.6) is 0 Å².